The van der Waals surface area contributed by atoms with Crippen molar-refractivity contribution < 1.29 is 14.3 Å². The third-order valence-corrected chi connectivity index (χ3v) is 4.86. The fourth-order valence-corrected chi connectivity index (χ4v) is 3.48. The minimum Gasteiger partial charge on any atom is -0.347 e. The SMILES string of the molecule is Cn1cc(-c2ccncc2)cc1C(=O)N1CCC2(CC1)OCCO2. The highest BCUT2D eigenvalue weighted by Gasteiger charge is 2.41. The van der Waals surface area contributed by atoms with Crippen LogP contribution in [0.1, 0.15) is 23.3 Å². The average molecular weight is 327 g/mol. The highest BCUT2D eigenvalue weighted by molar-refractivity contribution is 5.94. The van der Waals surface area contributed by atoms with Crippen molar-refractivity contribution in [2.75, 3.05) is 26.3 Å². The summed E-state index contributed by atoms with van der Waals surface area (Å²) in [5.41, 5.74) is 2.79. The van der Waals surface area contributed by atoms with Crippen LogP contribution in [0.2, 0.25) is 0 Å². The fourth-order valence-electron chi connectivity index (χ4n) is 3.48. The average Bonchev–Trinajstić information content (AvgIpc) is 3.23. The number of aryl methyl sites for hydroxylation is 1. The van der Waals surface area contributed by atoms with Gasteiger partial charge in [-0.2, -0.15) is 0 Å². The minimum atomic E-state index is -0.451. The topological polar surface area (TPSA) is 56.6 Å². The van der Waals surface area contributed by atoms with Gasteiger partial charge in [0.25, 0.3) is 5.91 Å². The third kappa shape index (κ3) is 2.72. The normalized spacial score (nSPS) is 19.8. The Kier molecular flexibility index (Phi) is 3.86. The van der Waals surface area contributed by atoms with Gasteiger partial charge in [-0.15, -0.1) is 0 Å². The Balaban J connectivity index is 1.50. The van der Waals surface area contributed by atoms with Crippen LogP contribution in [0.3, 0.4) is 0 Å². The van der Waals surface area contributed by atoms with Gasteiger partial charge in [0.15, 0.2) is 5.79 Å². The first-order valence-electron chi connectivity index (χ1n) is 8.31. The number of hydrogen-bond acceptors (Lipinski definition) is 4. The number of pyridine rings is 1. The van der Waals surface area contributed by atoms with E-state index in [-0.39, 0.29) is 5.91 Å². The Bertz CT molecular complexity index is 725. The Morgan fingerprint density at radius 2 is 1.79 bits per heavy atom. The first-order valence-corrected chi connectivity index (χ1v) is 8.31. The molecule has 0 unspecified atom stereocenters. The van der Waals surface area contributed by atoms with Crippen molar-refractivity contribution in [3.05, 3.63) is 42.5 Å². The van der Waals surface area contributed by atoms with Gasteiger partial charge in [0.2, 0.25) is 0 Å². The van der Waals surface area contributed by atoms with Crippen LogP contribution < -0.4 is 0 Å². The summed E-state index contributed by atoms with van der Waals surface area (Å²) in [6.45, 7) is 2.63. The molecule has 2 aromatic rings. The van der Waals surface area contributed by atoms with E-state index in [1.807, 2.05) is 40.9 Å². The number of piperidine rings is 1. The van der Waals surface area contributed by atoms with E-state index in [2.05, 4.69) is 4.98 Å². The maximum atomic E-state index is 12.9. The Morgan fingerprint density at radius 3 is 2.46 bits per heavy atom. The summed E-state index contributed by atoms with van der Waals surface area (Å²) in [6.07, 6.45) is 6.98. The fraction of sp³-hybridized carbons (Fsp3) is 0.444. The van der Waals surface area contributed by atoms with Crippen LogP contribution in [-0.2, 0) is 16.5 Å². The number of likely N-dealkylation sites (tertiary alicyclic amines) is 1. The summed E-state index contributed by atoms with van der Waals surface area (Å²) >= 11 is 0. The predicted molar refractivity (Wildman–Crippen MR) is 88.4 cm³/mol. The summed E-state index contributed by atoms with van der Waals surface area (Å²) in [5, 5.41) is 0. The van der Waals surface area contributed by atoms with Crippen LogP contribution in [0, 0.1) is 0 Å². The van der Waals surface area contributed by atoms with Gasteiger partial charge in [0.05, 0.1) is 13.2 Å². The number of amides is 1. The smallest absolute Gasteiger partial charge is 0.270 e. The van der Waals surface area contributed by atoms with Crippen molar-refractivity contribution in [3.63, 3.8) is 0 Å². The van der Waals surface area contributed by atoms with Crippen LogP contribution in [0.5, 0.6) is 0 Å². The molecule has 0 saturated carbocycles. The lowest BCUT2D eigenvalue weighted by molar-refractivity contribution is -0.181. The molecule has 1 amide bonds. The molecule has 6 heteroatoms. The molecule has 2 aromatic heterocycles. The molecule has 0 bridgehead atoms. The van der Waals surface area contributed by atoms with Gasteiger partial charge in [-0.1, -0.05) is 0 Å². The molecule has 2 aliphatic rings. The quantitative estimate of drug-likeness (QED) is 0.847. The zero-order valence-corrected chi connectivity index (χ0v) is 13.8. The Morgan fingerprint density at radius 1 is 1.12 bits per heavy atom. The molecule has 0 aliphatic carbocycles. The number of hydrogen-bond donors (Lipinski definition) is 0. The molecule has 2 aliphatic heterocycles. The van der Waals surface area contributed by atoms with Crippen LogP contribution >= 0.6 is 0 Å². The molecule has 0 radical (unpaired) electrons. The lowest BCUT2D eigenvalue weighted by atomic mass is 10.0. The maximum absolute atomic E-state index is 12.9. The molecule has 126 valence electrons. The second-order valence-corrected chi connectivity index (χ2v) is 6.36. The number of nitrogens with zero attached hydrogens (tertiary/aromatic N) is 3. The first kappa shape index (κ1) is 15.4. The molecule has 0 N–H and O–H groups in total. The second kappa shape index (κ2) is 6.03. The van der Waals surface area contributed by atoms with Gasteiger partial charge >= 0.3 is 0 Å². The van der Waals surface area contributed by atoms with Gasteiger partial charge in [-0.05, 0) is 23.8 Å². The van der Waals surface area contributed by atoms with Crippen LogP contribution in [0.15, 0.2) is 36.8 Å². The molecule has 2 saturated heterocycles. The number of carbonyl (C=O) groups excluding carboxylic acids is 1. The molecule has 4 heterocycles. The van der Waals surface area contributed by atoms with E-state index < -0.39 is 5.79 Å². The summed E-state index contributed by atoms with van der Waals surface area (Å²) in [6, 6.07) is 5.84. The zero-order valence-electron chi connectivity index (χ0n) is 13.8. The van der Waals surface area contributed by atoms with E-state index in [0.717, 1.165) is 24.0 Å². The summed E-state index contributed by atoms with van der Waals surface area (Å²) < 4.78 is 13.4. The van der Waals surface area contributed by atoms with Crippen molar-refractivity contribution in [2.24, 2.45) is 7.05 Å². The molecule has 0 atom stereocenters. The second-order valence-electron chi connectivity index (χ2n) is 6.36. The highest BCUT2D eigenvalue weighted by Crippen LogP contribution is 2.32. The third-order valence-electron chi connectivity index (χ3n) is 4.86. The van der Waals surface area contributed by atoms with Gasteiger partial charge in [-0.25, -0.2) is 0 Å². The highest BCUT2D eigenvalue weighted by atomic mass is 16.7. The first-order chi connectivity index (χ1) is 11.7. The van der Waals surface area contributed by atoms with Crippen molar-refractivity contribution >= 4 is 5.91 Å². The lowest BCUT2D eigenvalue weighted by Crippen LogP contribution is -2.47. The van der Waals surface area contributed by atoms with Gasteiger partial charge in [0, 0.05) is 57.1 Å². The summed E-state index contributed by atoms with van der Waals surface area (Å²) in [4.78, 5) is 18.8. The number of rotatable bonds is 2. The molecule has 24 heavy (non-hydrogen) atoms. The molecule has 1 spiro atoms. The molecule has 6 nitrogen and oxygen atoms in total. The van der Waals surface area contributed by atoms with E-state index in [0.29, 0.717) is 32.0 Å². The van der Waals surface area contributed by atoms with E-state index in [4.69, 9.17) is 9.47 Å². The number of ether oxygens (including phenoxy) is 2. The molecule has 0 aromatic carbocycles. The summed E-state index contributed by atoms with van der Waals surface area (Å²) in [7, 11) is 1.91. The van der Waals surface area contributed by atoms with Gasteiger partial charge in [0.1, 0.15) is 5.69 Å². The number of carbonyl (C=O) groups is 1. The minimum absolute atomic E-state index is 0.0608. The largest absolute Gasteiger partial charge is 0.347 e. The van der Waals surface area contributed by atoms with E-state index in [1.165, 1.54) is 0 Å². The van der Waals surface area contributed by atoms with Crippen LogP contribution in [0.25, 0.3) is 11.1 Å². The summed E-state index contributed by atoms with van der Waals surface area (Å²) in [5.74, 6) is -0.390. The predicted octanol–water partition coefficient (Wildman–Crippen LogP) is 2.07. The number of aromatic nitrogens is 2. The van der Waals surface area contributed by atoms with E-state index in [9.17, 15) is 4.79 Å². The maximum Gasteiger partial charge on any atom is 0.270 e. The Labute approximate surface area is 141 Å². The monoisotopic (exact) mass is 327 g/mol. The van der Waals surface area contributed by atoms with Crippen LogP contribution in [0.4, 0.5) is 0 Å². The van der Waals surface area contributed by atoms with Crippen molar-refractivity contribution in [3.8, 4) is 11.1 Å². The zero-order chi connectivity index (χ0) is 16.6. The molecule has 2 fully saturated rings. The van der Waals surface area contributed by atoms with Crippen molar-refractivity contribution in [1.29, 1.82) is 0 Å². The Hall–Kier alpha value is -2.18. The van der Waals surface area contributed by atoms with E-state index >= 15 is 0 Å². The molecule has 4 rings (SSSR count). The van der Waals surface area contributed by atoms with Gasteiger partial charge in [-0.3, -0.25) is 9.78 Å². The molecular formula is C18H21N3O3. The van der Waals surface area contributed by atoms with Crippen molar-refractivity contribution in [1.82, 2.24) is 14.5 Å². The van der Waals surface area contributed by atoms with Gasteiger partial charge < -0.3 is 18.9 Å². The standard InChI is InChI=1S/C18H21N3O3/c1-20-13-15(14-2-6-19-7-3-14)12-16(20)17(22)21-8-4-18(5-9-21)23-10-11-24-18/h2-3,6-7,12-13H,4-5,8-11H2,1H3. The molecular weight excluding hydrogens is 306 g/mol. The lowest BCUT2D eigenvalue weighted by Gasteiger charge is -2.37. The van der Waals surface area contributed by atoms with E-state index in [1.54, 1.807) is 12.4 Å². The van der Waals surface area contributed by atoms with Crippen molar-refractivity contribution in [2.45, 2.75) is 18.6 Å². The van der Waals surface area contributed by atoms with Crippen LogP contribution in [-0.4, -0.2) is 52.4 Å².